The second-order valence-electron chi connectivity index (χ2n) is 5.34. The van der Waals surface area contributed by atoms with Crippen molar-refractivity contribution in [2.75, 3.05) is 18.4 Å². The van der Waals surface area contributed by atoms with Crippen LogP contribution >= 0.6 is 15.9 Å². The van der Waals surface area contributed by atoms with Gasteiger partial charge in [-0.15, -0.1) is 0 Å². The van der Waals surface area contributed by atoms with E-state index in [-0.39, 0.29) is 24.9 Å². The Morgan fingerprint density at radius 2 is 1.60 bits per heavy atom. The molecule has 0 heterocycles. The van der Waals surface area contributed by atoms with Crippen LogP contribution in [0.4, 0.5) is 5.69 Å². The molecule has 0 radical (unpaired) electrons. The Hall–Kier alpha value is -2.67. The normalized spacial score (nSPS) is 10.0. The lowest BCUT2D eigenvalue weighted by atomic mass is 10.2. The summed E-state index contributed by atoms with van der Waals surface area (Å²) in [5.74, 6) is -1.12. The average molecular weight is 404 g/mol. The van der Waals surface area contributed by atoms with Crippen LogP contribution in [-0.4, -0.2) is 30.8 Å². The van der Waals surface area contributed by atoms with Crippen LogP contribution in [0.2, 0.25) is 0 Å². The zero-order chi connectivity index (χ0) is 18.2. The number of carbonyl (C=O) groups excluding carboxylic acids is 3. The molecule has 25 heavy (non-hydrogen) atoms. The Labute approximate surface area is 154 Å². The van der Waals surface area contributed by atoms with Crippen LogP contribution in [0.3, 0.4) is 0 Å². The molecule has 0 bridgehead atoms. The number of amides is 3. The third-order valence-corrected chi connectivity index (χ3v) is 4.22. The Kier molecular flexibility index (Phi) is 6.71. The summed E-state index contributed by atoms with van der Waals surface area (Å²) in [6.45, 7) is 1.55. The highest BCUT2D eigenvalue weighted by Gasteiger charge is 2.09. The minimum absolute atomic E-state index is 0.171. The molecule has 0 unspecified atom stereocenters. The maximum absolute atomic E-state index is 11.8. The molecule has 2 aromatic carbocycles. The monoisotopic (exact) mass is 403 g/mol. The molecule has 6 nitrogen and oxygen atoms in total. The van der Waals surface area contributed by atoms with E-state index in [9.17, 15) is 14.4 Å². The molecule has 2 aromatic rings. The van der Waals surface area contributed by atoms with Gasteiger partial charge in [-0.1, -0.05) is 34.1 Å². The molecule has 2 rings (SSSR count). The van der Waals surface area contributed by atoms with Crippen LogP contribution in [-0.2, 0) is 9.59 Å². The van der Waals surface area contributed by atoms with Crippen LogP contribution < -0.4 is 16.0 Å². The molecule has 130 valence electrons. The number of hydrogen-bond donors (Lipinski definition) is 3. The lowest BCUT2D eigenvalue weighted by Crippen LogP contribution is -2.40. The standard InChI is InChI=1S/C18H18BrN3O3/c1-12-9-14(7-8-15(12)19)22-17(24)11-20-16(23)10-21-18(25)13-5-3-2-4-6-13/h2-9H,10-11H2,1H3,(H,20,23)(H,21,25)(H,22,24). The number of nitrogens with one attached hydrogen (secondary N) is 3. The van der Waals surface area contributed by atoms with E-state index >= 15 is 0 Å². The quantitative estimate of drug-likeness (QED) is 0.690. The number of carbonyl (C=O) groups is 3. The smallest absolute Gasteiger partial charge is 0.251 e. The van der Waals surface area contributed by atoms with Gasteiger partial charge in [0.25, 0.3) is 5.91 Å². The van der Waals surface area contributed by atoms with Gasteiger partial charge in [0, 0.05) is 15.7 Å². The maximum Gasteiger partial charge on any atom is 0.251 e. The van der Waals surface area contributed by atoms with Gasteiger partial charge in [-0.25, -0.2) is 0 Å². The van der Waals surface area contributed by atoms with E-state index < -0.39 is 5.91 Å². The van der Waals surface area contributed by atoms with E-state index in [2.05, 4.69) is 31.9 Å². The van der Waals surface area contributed by atoms with Crippen molar-refractivity contribution in [1.82, 2.24) is 10.6 Å². The third-order valence-electron chi connectivity index (χ3n) is 3.33. The Morgan fingerprint density at radius 1 is 0.920 bits per heavy atom. The highest BCUT2D eigenvalue weighted by atomic mass is 79.9. The lowest BCUT2D eigenvalue weighted by Gasteiger charge is -2.09. The Balaban J connectivity index is 1.73. The van der Waals surface area contributed by atoms with E-state index in [0.717, 1.165) is 10.0 Å². The molecule has 0 atom stereocenters. The Morgan fingerprint density at radius 3 is 2.28 bits per heavy atom. The molecule has 0 saturated heterocycles. The van der Waals surface area contributed by atoms with Crippen molar-refractivity contribution in [2.24, 2.45) is 0 Å². The molecule has 0 aliphatic rings. The van der Waals surface area contributed by atoms with Crippen LogP contribution in [0.5, 0.6) is 0 Å². The van der Waals surface area contributed by atoms with Crippen molar-refractivity contribution >= 4 is 39.3 Å². The van der Waals surface area contributed by atoms with Crippen molar-refractivity contribution in [2.45, 2.75) is 6.92 Å². The molecule has 3 amide bonds. The fourth-order valence-electron chi connectivity index (χ4n) is 2.02. The van der Waals surface area contributed by atoms with Crippen molar-refractivity contribution in [3.8, 4) is 0 Å². The van der Waals surface area contributed by atoms with Gasteiger partial charge in [0.05, 0.1) is 13.1 Å². The minimum Gasteiger partial charge on any atom is -0.345 e. The largest absolute Gasteiger partial charge is 0.345 e. The minimum atomic E-state index is -0.439. The molecule has 0 spiro atoms. The molecule has 7 heteroatoms. The molecular formula is C18H18BrN3O3. The lowest BCUT2D eigenvalue weighted by molar-refractivity contribution is -0.123. The zero-order valence-electron chi connectivity index (χ0n) is 13.6. The summed E-state index contributed by atoms with van der Waals surface area (Å²) in [5.41, 5.74) is 2.11. The van der Waals surface area contributed by atoms with Gasteiger partial charge in [0.1, 0.15) is 0 Å². The molecule has 0 aromatic heterocycles. The number of hydrogen-bond acceptors (Lipinski definition) is 3. The number of anilines is 1. The molecular weight excluding hydrogens is 386 g/mol. The second-order valence-corrected chi connectivity index (χ2v) is 6.19. The highest BCUT2D eigenvalue weighted by molar-refractivity contribution is 9.10. The molecule has 3 N–H and O–H groups in total. The maximum atomic E-state index is 11.8. The van der Waals surface area contributed by atoms with E-state index in [4.69, 9.17) is 0 Å². The first kappa shape index (κ1) is 18.7. The average Bonchev–Trinajstić information content (AvgIpc) is 2.61. The van der Waals surface area contributed by atoms with E-state index in [1.165, 1.54) is 0 Å². The van der Waals surface area contributed by atoms with Gasteiger partial charge in [0.15, 0.2) is 0 Å². The van der Waals surface area contributed by atoms with Crippen LogP contribution in [0.25, 0.3) is 0 Å². The number of halogens is 1. The molecule has 0 aliphatic heterocycles. The number of aryl methyl sites for hydroxylation is 1. The Bertz CT molecular complexity index is 778. The summed E-state index contributed by atoms with van der Waals surface area (Å²) in [5, 5.41) is 7.65. The van der Waals surface area contributed by atoms with Gasteiger partial charge in [-0.3, -0.25) is 14.4 Å². The van der Waals surface area contributed by atoms with Gasteiger partial charge >= 0.3 is 0 Å². The number of benzene rings is 2. The summed E-state index contributed by atoms with van der Waals surface area (Å²) >= 11 is 3.39. The van der Waals surface area contributed by atoms with Gasteiger partial charge in [0.2, 0.25) is 11.8 Å². The first-order valence-corrected chi connectivity index (χ1v) is 8.41. The second kappa shape index (κ2) is 8.98. The fourth-order valence-corrected chi connectivity index (χ4v) is 2.27. The van der Waals surface area contributed by atoms with E-state index in [0.29, 0.717) is 11.3 Å². The van der Waals surface area contributed by atoms with Crippen molar-refractivity contribution < 1.29 is 14.4 Å². The highest BCUT2D eigenvalue weighted by Crippen LogP contribution is 2.19. The summed E-state index contributed by atoms with van der Waals surface area (Å²) in [7, 11) is 0. The number of rotatable bonds is 6. The topological polar surface area (TPSA) is 87.3 Å². The van der Waals surface area contributed by atoms with Gasteiger partial charge in [-0.2, -0.15) is 0 Å². The van der Waals surface area contributed by atoms with Crippen molar-refractivity contribution in [3.05, 3.63) is 64.1 Å². The van der Waals surface area contributed by atoms with Crippen LogP contribution in [0, 0.1) is 6.92 Å². The van der Waals surface area contributed by atoms with Crippen molar-refractivity contribution in [1.29, 1.82) is 0 Å². The molecule has 0 fully saturated rings. The summed E-state index contributed by atoms with van der Waals surface area (Å²) in [6, 6.07) is 14.0. The van der Waals surface area contributed by atoms with E-state index in [1.54, 1.807) is 36.4 Å². The summed E-state index contributed by atoms with van der Waals surface area (Å²) in [4.78, 5) is 35.4. The van der Waals surface area contributed by atoms with Crippen LogP contribution in [0.1, 0.15) is 15.9 Å². The van der Waals surface area contributed by atoms with Gasteiger partial charge < -0.3 is 16.0 Å². The summed E-state index contributed by atoms with van der Waals surface area (Å²) in [6.07, 6.45) is 0. The fraction of sp³-hybridized carbons (Fsp3) is 0.167. The summed E-state index contributed by atoms with van der Waals surface area (Å²) < 4.78 is 0.952. The first-order valence-electron chi connectivity index (χ1n) is 7.61. The van der Waals surface area contributed by atoms with E-state index in [1.807, 2.05) is 19.1 Å². The third kappa shape index (κ3) is 6.04. The SMILES string of the molecule is Cc1cc(NC(=O)CNC(=O)CNC(=O)c2ccccc2)ccc1Br. The molecule has 0 aliphatic carbocycles. The van der Waals surface area contributed by atoms with Crippen molar-refractivity contribution in [3.63, 3.8) is 0 Å². The molecule has 0 saturated carbocycles. The predicted molar refractivity (Wildman–Crippen MR) is 99.3 cm³/mol. The van der Waals surface area contributed by atoms with Gasteiger partial charge in [-0.05, 0) is 42.8 Å². The zero-order valence-corrected chi connectivity index (χ0v) is 15.2. The predicted octanol–water partition coefficient (Wildman–Crippen LogP) is 2.24. The first-order chi connectivity index (χ1) is 12.0. The van der Waals surface area contributed by atoms with Crippen LogP contribution in [0.15, 0.2) is 53.0 Å².